The van der Waals surface area contributed by atoms with Gasteiger partial charge in [0.15, 0.2) is 0 Å². The smallest absolute Gasteiger partial charge is 0.269 e. The van der Waals surface area contributed by atoms with Crippen LogP contribution in [0.4, 0.5) is 11.4 Å². The highest BCUT2D eigenvalue weighted by atomic mass is 79.9. The molecule has 0 aliphatic carbocycles. The normalized spacial score (nSPS) is 16.5. The molecule has 3 amide bonds. The first kappa shape index (κ1) is 18.7. The van der Waals surface area contributed by atoms with E-state index in [0.29, 0.717) is 5.69 Å². The van der Waals surface area contributed by atoms with Crippen LogP contribution < -0.4 is 15.8 Å². The SMILES string of the molecule is O=C(NNC1CC(=O)N(c2ccc(Br)cc2)C1=O)c1ccc([N+](=O)[O-])cc1. The summed E-state index contributed by atoms with van der Waals surface area (Å²) in [5.74, 6) is -1.44. The third kappa shape index (κ3) is 4.01. The molecule has 138 valence electrons. The van der Waals surface area contributed by atoms with Gasteiger partial charge in [-0.25, -0.2) is 10.3 Å². The lowest BCUT2D eigenvalue weighted by molar-refractivity contribution is -0.384. The molecule has 10 heteroatoms. The Kier molecular flexibility index (Phi) is 5.28. The summed E-state index contributed by atoms with van der Waals surface area (Å²) in [7, 11) is 0. The predicted octanol–water partition coefficient (Wildman–Crippen LogP) is 1.92. The number of nitro benzene ring substituents is 1. The van der Waals surface area contributed by atoms with E-state index in [-0.39, 0.29) is 23.6 Å². The number of non-ortho nitro benzene ring substituents is 1. The molecule has 2 N–H and O–H groups in total. The molecule has 2 aromatic carbocycles. The Bertz CT molecular complexity index is 914. The van der Waals surface area contributed by atoms with Crippen molar-refractivity contribution < 1.29 is 19.3 Å². The van der Waals surface area contributed by atoms with Gasteiger partial charge in [-0.1, -0.05) is 15.9 Å². The van der Waals surface area contributed by atoms with Gasteiger partial charge in [0.1, 0.15) is 6.04 Å². The van der Waals surface area contributed by atoms with Crippen molar-refractivity contribution in [3.63, 3.8) is 0 Å². The summed E-state index contributed by atoms with van der Waals surface area (Å²) in [5, 5.41) is 10.6. The minimum Gasteiger partial charge on any atom is -0.287 e. The quantitative estimate of drug-likeness (QED) is 0.422. The number of anilines is 1. The lowest BCUT2D eigenvalue weighted by Crippen LogP contribution is -2.48. The molecule has 0 saturated carbocycles. The van der Waals surface area contributed by atoms with Gasteiger partial charge in [0.25, 0.3) is 17.5 Å². The maximum absolute atomic E-state index is 12.5. The Morgan fingerprint density at radius 2 is 1.74 bits per heavy atom. The van der Waals surface area contributed by atoms with Gasteiger partial charge in [-0.05, 0) is 36.4 Å². The zero-order valence-corrected chi connectivity index (χ0v) is 15.3. The van der Waals surface area contributed by atoms with Gasteiger partial charge in [0.05, 0.1) is 17.0 Å². The van der Waals surface area contributed by atoms with Crippen LogP contribution >= 0.6 is 15.9 Å². The fraction of sp³-hybridized carbons (Fsp3) is 0.118. The monoisotopic (exact) mass is 432 g/mol. The van der Waals surface area contributed by atoms with Crippen LogP contribution in [0.3, 0.4) is 0 Å². The molecule has 1 aliphatic heterocycles. The molecule has 0 spiro atoms. The van der Waals surface area contributed by atoms with Crippen molar-refractivity contribution in [1.29, 1.82) is 0 Å². The van der Waals surface area contributed by atoms with Gasteiger partial charge in [0.2, 0.25) is 5.91 Å². The predicted molar refractivity (Wildman–Crippen MR) is 98.7 cm³/mol. The number of carbonyl (C=O) groups is 3. The highest BCUT2D eigenvalue weighted by molar-refractivity contribution is 9.10. The minimum absolute atomic E-state index is 0.102. The molecule has 1 atom stereocenters. The van der Waals surface area contributed by atoms with Crippen molar-refractivity contribution in [2.45, 2.75) is 12.5 Å². The first-order valence-electron chi connectivity index (χ1n) is 7.79. The largest absolute Gasteiger partial charge is 0.287 e. The van der Waals surface area contributed by atoms with Gasteiger partial charge in [-0.2, -0.15) is 0 Å². The number of hydrogen-bond donors (Lipinski definition) is 2. The van der Waals surface area contributed by atoms with Crippen molar-refractivity contribution in [3.8, 4) is 0 Å². The molecule has 1 heterocycles. The number of rotatable bonds is 5. The molecule has 1 aliphatic rings. The number of amides is 3. The number of nitrogens with one attached hydrogen (secondary N) is 2. The van der Waals surface area contributed by atoms with Crippen LogP contribution in [0.2, 0.25) is 0 Å². The number of benzene rings is 2. The Hall–Kier alpha value is -3.11. The average molecular weight is 433 g/mol. The van der Waals surface area contributed by atoms with E-state index in [9.17, 15) is 24.5 Å². The highest BCUT2D eigenvalue weighted by Gasteiger charge is 2.39. The van der Waals surface area contributed by atoms with E-state index in [2.05, 4.69) is 26.8 Å². The summed E-state index contributed by atoms with van der Waals surface area (Å²) in [6.07, 6.45) is -0.102. The molecule has 2 aromatic rings. The average Bonchev–Trinajstić information content (AvgIpc) is 2.94. The summed E-state index contributed by atoms with van der Waals surface area (Å²) < 4.78 is 0.815. The number of imide groups is 1. The van der Waals surface area contributed by atoms with E-state index < -0.39 is 22.8 Å². The number of nitrogens with zero attached hydrogens (tertiary/aromatic N) is 2. The summed E-state index contributed by atoms with van der Waals surface area (Å²) in [5.41, 5.74) is 5.39. The Balaban J connectivity index is 1.63. The minimum atomic E-state index is -0.900. The lowest BCUT2D eigenvalue weighted by atomic mass is 10.2. The molecule has 9 nitrogen and oxygen atoms in total. The van der Waals surface area contributed by atoms with E-state index in [0.717, 1.165) is 9.37 Å². The third-order valence-corrected chi connectivity index (χ3v) is 4.46. The second kappa shape index (κ2) is 7.64. The van der Waals surface area contributed by atoms with Crippen molar-refractivity contribution in [3.05, 3.63) is 68.7 Å². The van der Waals surface area contributed by atoms with Crippen LogP contribution in [-0.4, -0.2) is 28.7 Å². The Labute approximate surface area is 161 Å². The van der Waals surface area contributed by atoms with Crippen LogP contribution in [0.15, 0.2) is 53.0 Å². The highest BCUT2D eigenvalue weighted by Crippen LogP contribution is 2.24. The molecule has 1 unspecified atom stereocenters. The maximum atomic E-state index is 12.5. The Morgan fingerprint density at radius 1 is 1.11 bits per heavy atom. The van der Waals surface area contributed by atoms with Crippen LogP contribution in [0, 0.1) is 10.1 Å². The first-order valence-corrected chi connectivity index (χ1v) is 8.59. The summed E-state index contributed by atoms with van der Waals surface area (Å²) in [4.78, 5) is 47.9. The Morgan fingerprint density at radius 3 is 2.33 bits per heavy atom. The van der Waals surface area contributed by atoms with Crippen LogP contribution in [0.5, 0.6) is 0 Å². The third-order valence-electron chi connectivity index (χ3n) is 3.93. The summed E-state index contributed by atoms with van der Waals surface area (Å²) in [6, 6.07) is 10.8. The first-order chi connectivity index (χ1) is 12.9. The summed E-state index contributed by atoms with van der Waals surface area (Å²) in [6.45, 7) is 0. The van der Waals surface area contributed by atoms with Crippen LogP contribution in [0.1, 0.15) is 16.8 Å². The van der Waals surface area contributed by atoms with Crippen molar-refractivity contribution >= 4 is 45.0 Å². The van der Waals surface area contributed by atoms with Crippen molar-refractivity contribution in [1.82, 2.24) is 10.9 Å². The topological polar surface area (TPSA) is 122 Å². The molecule has 1 fully saturated rings. The fourth-order valence-electron chi connectivity index (χ4n) is 2.57. The van der Waals surface area contributed by atoms with Gasteiger partial charge >= 0.3 is 0 Å². The van der Waals surface area contributed by atoms with E-state index >= 15 is 0 Å². The van der Waals surface area contributed by atoms with Crippen LogP contribution in [-0.2, 0) is 9.59 Å². The molecule has 0 radical (unpaired) electrons. The maximum Gasteiger partial charge on any atom is 0.269 e. The molecule has 27 heavy (non-hydrogen) atoms. The lowest BCUT2D eigenvalue weighted by Gasteiger charge is -2.16. The molecule has 3 rings (SSSR count). The molecule has 0 bridgehead atoms. The van der Waals surface area contributed by atoms with E-state index in [4.69, 9.17) is 0 Å². The molecule has 1 saturated heterocycles. The van der Waals surface area contributed by atoms with Gasteiger partial charge in [0, 0.05) is 22.2 Å². The number of halogens is 1. The second-order valence-corrected chi connectivity index (χ2v) is 6.62. The summed E-state index contributed by atoms with van der Waals surface area (Å²) >= 11 is 3.29. The molecular formula is C17H13BrN4O5. The number of hydrogen-bond acceptors (Lipinski definition) is 6. The standard InChI is InChI=1S/C17H13BrN4O5/c18-11-3-7-12(8-4-11)21-15(23)9-14(17(21)25)19-20-16(24)10-1-5-13(6-2-10)22(26)27/h1-8,14,19H,9H2,(H,20,24). The van der Waals surface area contributed by atoms with Gasteiger partial charge in [-0.3, -0.25) is 29.9 Å². The van der Waals surface area contributed by atoms with E-state index in [1.165, 1.54) is 24.3 Å². The number of hydrazine groups is 1. The molecule has 0 aromatic heterocycles. The van der Waals surface area contributed by atoms with E-state index in [1.54, 1.807) is 24.3 Å². The zero-order chi connectivity index (χ0) is 19.6. The van der Waals surface area contributed by atoms with Crippen molar-refractivity contribution in [2.75, 3.05) is 4.90 Å². The number of carbonyl (C=O) groups excluding carboxylic acids is 3. The fourth-order valence-corrected chi connectivity index (χ4v) is 2.83. The van der Waals surface area contributed by atoms with Crippen molar-refractivity contribution in [2.24, 2.45) is 0 Å². The second-order valence-electron chi connectivity index (χ2n) is 5.70. The number of nitro groups is 1. The molecular weight excluding hydrogens is 420 g/mol. The van der Waals surface area contributed by atoms with Gasteiger partial charge < -0.3 is 0 Å². The van der Waals surface area contributed by atoms with Crippen LogP contribution in [0.25, 0.3) is 0 Å². The van der Waals surface area contributed by atoms with E-state index in [1.807, 2.05) is 0 Å². The zero-order valence-electron chi connectivity index (χ0n) is 13.7. The van der Waals surface area contributed by atoms with Gasteiger partial charge in [-0.15, -0.1) is 0 Å².